The van der Waals surface area contributed by atoms with Gasteiger partial charge in [-0.05, 0) is 142 Å². The minimum absolute atomic E-state index is 0.000938. The van der Waals surface area contributed by atoms with Gasteiger partial charge in [0.2, 0.25) is 23.6 Å². The molecule has 2 aromatic carbocycles. The Balaban J connectivity index is 0.499. The highest BCUT2D eigenvalue weighted by atomic mass is 16.6. The zero-order valence-electron chi connectivity index (χ0n) is 77.5. The van der Waals surface area contributed by atoms with Gasteiger partial charge in [-0.15, -0.1) is 0 Å². The topological polar surface area (TPSA) is 472 Å². The molecule has 9 N–H and O–H groups in total. The number of piperazine rings is 2. The molecule has 37 heteroatoms. The van der Waals surface area contributed by atoms with E-state index in [4.69, 9.17) is 59.9 Å². The number of nitrogens with zero attached hydrogens (tertiary/aromatic N) is 15. The van der Waals surface area contributed by atoms with Crippen molar-refractivity contribution in [2.45, 2.75) is 212 Å². The number of aliphatic hydroxyl groups excluding tert-OH is 1. The lowest BCUT2D eigenvalue weighted by atomic mass is 9.80. The molecule has 6 aliphatic heterocycles. The van der Waals surface area contributed by atoms with Crippen LogP contribution in [0.4, 0.5) is 28.5 Å². The fourth-order valence-electron chi connectivity index (χ4n) is 19.2. The number of nitrogens with one attached hydrogen (secondary N) is 1. The largest absolute Gasteiger partial charge is 0.459 e. The van der Waals surface area contributed by atoms with Crippen molar-refractivity contribution in [1.29, 1.82) is 0 Å². The maximum Gasteiger partial charge on any atom is 0.407 e. The smallest absolute Gasteiger partial charge is 0.407 e. The Hall–Kier alpha value is -11.4. The van der Waals surface area contributed by atoms with Gasteiger partial charge in [0.05, 0.1) is 55.4 Å². The van der Waals surface area contributed by atoms with E-state index in [1.165, 1.54) is 20.5 Å². The van der Waals surface area contributed by atoms with Gasteiger partial charge in [0.15, 0.2) is 17.0 Å². The standard InChI is InChI=1S/C96H127N19O18/c1-57-15-11-10-12-16-58(2)77(126-7)47-70-23-18-62(6)96(125,133-70)86(120)90(122)114-28-14-13-17-73(114)91(123)130-78(48-74(116)59(3)42-61(5)84(119)85(128-9)83(118)60(4)41-57)71(97)44-63-20-24-76(79(45-63)127-8)132-95(124)104-51-65-49-100-93(101-50-65)112-36-34-110(35-37-112)80(117)27-39-129-40-38-109-30-32-111(33-31-109)94-102-52-69(53-103-94)89(121)113-29-26-66-43-64(19-21-68(66)55-113)54-115-88-81(87(98)105-56-106-88)82(108-115)67-22-25-75-72(46-67)107-92(99)131-75/h10-12,15-16,19,21-22,25,42-43,46,49-50,52-53,56-57,59-60,62-63,70-71,73,76-79,84-85,119,125H,13-14,17-18,20,23-24,26-41,44-45,47-48,51,54-55,97H2,1-9H3,(H2,99,107)(H,104,124)(H2,98,105,106)/b12-10+,15-11+,58-16+,61-42+/t57-,59-,60-,62-,63+,70+,71-,73+,76-,77+,78+,79-,84-,85+,96-/m1/s1. The number of ketones is 3. The van der Waals surface area contributed by atoms with Gasteiger partial charge < -0.3 is 94.8 Å². The number of aromatic nitrogens is 9. The Morgan fingerprint density at radius 2 is 1.47 bits per heavy atom. The summed E-state index contributed by atoms with van der Waals surface area (Å²) >= 11 is 0. The van der Waals surface area contributed by atoms with E-state index in [0.29, 0.717) is 199 Å². The number of amides is 4. The number of allylic oxidation sites excluding steroid dienone is 6. The number of aliphatic hydroxyl groups is 2. The van der Waals surface area contributed by atoms with Crippen LogP contribution in [0.2, 0.25) is 0 Å². The Kier molecular flexibility index (Phi) is 32.7. The maximum atomic E-state index is 14.8. The number of anilines is 4. The van der Waals surface area contributed by atoms with Gasteiger partial charge in [-0.1, -0.05) is 82.4 Å². The summed E-state index contributed by atoms with van der Waals surface area (Å²) in [6.07, 6.45) is 16.7. The van der Waals surface area contributed by atoms with Crippen molar-refractivity contribution in [2.75, 3.05) is 128 Å². The van der Waals surface area contributed by atoms with Crippen molar-refractivity contribution in [3.63, 3.8) is 0 Å². The number of rotatable bonds is 21. The molecule has 5 fully saturated rings. The fourth-order valence-corrected chi connectivity index (χ4v) is 19.2. The minimum atomic E-state index is -2.51. The van der Waals surface area contributed by atoms with Crippen molar-refractivity contribution >= 4 is 93.0 Å². The van der Waals surface area contributed by atoms with Gasteiger partial charge >= 0.3 is 12.1 Å². The summed E-state index contributed by atoms with van der Waals surface area (Å²) < 4.78 is 49.2. The first-order valence-corrected chi connectivity index (χ1v) is 46.5. The molecule has 4 amide bonds. The molecule has 0 spiro atoms. The van der Waals surface area contributed by atoms with Crippen LogP contribution < -0.4 is 32.3 Å². The Morgan fingerprint density at radius 1 is 0.729 bits per heavy atom. The summed E-state index contributed by atoms with van der Waals surface area (Å²) in [5.41, 5.74) is 27.9. The van der Waals surface area contributed by atoms with E-state index in [9.17, 15) is 48.6 Å². The monoisotopic (exact) mass is 1830 g/mol. The second-order valence-electron chi connectivity index (χ2n) is 36.5. The fraction of sp³-hybridized carbons (Fsp3) is 0.562. The molecule has 0 radical (unpaired) electrons. The molecule has 1 aliphatic carbocycles. The Bertz CT molecular complexity index is 5400. The van der Waals surface area contributed by atoms with Crippen LogP contribution in [0.1, 0.15) is 158 Å². The zero-order valence-corrected chi connectivity index (χ0v) is 77.5. The molecule has 11 heterocycles. The predicted molar refractivity (Wildman–Crippen MR) is 493 cm³/mol. The van der Waals surface area contributed by atoms with Crippen molar-refractivity contribution in [3.05, 3.63) is 143 Å². The highest BCUT2D eigenvalue weighted by Gasteiger charge is 2.54. The lowest BCUT2D eigenvalue weighted by Crippen LogP contribution is -2.61. The number of esters is 1. The SMILES string of the molecule is CO[C@H]1C[C@@H]2CC[C@@H](C)[C@@](O)(O2)C(=O)C(=O)N2CCCC[C@H]2C(=O)O[C@H]([C@H](N)C[C@@H]2CC[C@@H](OC(=O)NCc3cnc(N4CCN(C(=O)CCOCCN5CCN(c6ncc(C(=O)N7CCc8cc(Cn9nc(-c%10ccc%11oc(N)nc%11c%10)c%10c(N)ncnc%109)ccc8C7)cn6)CC5)CC4)nc3)[C@H](OC)C2)CC(=O)[C@H](C)/C=C(\C)[C@@H](O)[C@@H](OC)C(=O)[C@H](C)C[C@H](C)/C=C/C=C/C=C/1C. The molecule has 15 atom stereocenters. The molecule has 7 aromatic rings. The van der Waals surface area contributed by atoms with Gasteiger partial charge in [-0.25, -0.2) is 44.2 Å². The molecule has 5 aromatic heterocycles. The van der Waals surface area contributed by atoms with E-state index >= 15 is 0 Å². The summed E-state index contributed by atoms with van der Waals surface area (Å²) in [7, 11) is 4.43. The molecule has 14 rings (SSSR count). The van der Waals surface area contributed by atoms with Crippen LogP contribution in [0.25, 0.3) is 33.4 Å². The summed E-state index contributed by atoms with van der Waals surface area (Å²) in [5, 5.41) is 32.2. The molecule has 714 valence electrons. The number of ether oxygens (including phenoxy) is 7. The van der Waals surface area contributed by atoms with Crippen molar-refractivity contribution in [1.82, 2.24) is 69.6 Å². The van der Waals surface area contributed by atoms with E-state index in [-0.39, 0.29) is 80.6 Å². The zero-order chi connectivity index (χ0) is 94.3. The molecule has 0 unspecified atom stereocenters. The number of cyclic esters (lactones) is 1. The van der Waals surface area contributed by atoms with Crippen LogP contribution in [0.3, 0.4) is 0 Å². The van der Waals surface area contributed by atoms with E-state index in [1.807, 2.05) is 81.8 Å². The van der Waals surface area contributed by atoms with E-state index in [2.05, 4.69) is 62.1 Å². The first-order chi connectivity index (χ1) is 64.0. The number of nitrogen functional groups attached to an aromatic ring is 2. The van der Waals surface area contributed by atoms with Gasteiger partial charge in [0, 0.05) is 179 Å². The van der Waals surface area contributed by atoms with Crippen molar-refractivity contribution < 1.29 is 86.1 Å². The van der Waals surface area contributed by atoms with Crippen LogP contribution in [-0.2, 0) is 88.0 Å². The quantitative estimate of drug-likeness (QED) is 0.0174. The number of Topliss-reactive ketones (excluding diaryl/α,β-unsaturated/α-hetero) is 3. The Labute approximate surface area is 774 Å². The first kappa shape index (κ1) is 97.6. The van der Waals surface area contributed by atoms with Gasteiger partial charge in [0.25, 0.3) is 23.6 Å². The molecule has 7 aliphatic rings. The average Bonchev–Trinajstić information content (AvgIpc) is 1.71. The lowest BCUT2D eigenvalue weighted by molar-refractivity contribution is -0.265. The van der Waals surface area contributed by atoms with Crippen LogP contribution in [0, 0.1) is 29.6 Å². The van der Waals surface area contributed by atoms with Crippen LogP contribution in [0.15, 0.2) is 120 Å². The summed E-state index contributed by atoms with van der Waals surface area (Å²) in [6.45, 7) is 18.5. The number of methoxy groups -OCH3 is 3. The van der Waals surface area contributed by atoms with Crippen molar-refractivity contribution in [3.8, 4) is 11.3 Å². The third kappa shape index (κ3) is 23.9. The van der Waals surface area contributed by atoms with Crippen LogP contribution >= 0.6 is 0 Å². The molecule has 4 saturated heterocycles. The Morgan fingerprint density at radius 3 is 2.21 bits per heavy atom. The lowest BCUT2D eigenvalue weighted by Gasteiger charge is -2.42. The third-order valence-electron chi connectivity index (χ3n) is 27.2. The second-order valence-corrected chi connectivity index (χ2v) is 36.5. The summed E-state index contributed by atoms with van der Waals surface area (Å²) in [5.74, 6) is -7.53. The van der Waals surface area contributed by atoms with Crippen molar-refractivity contribution in [2.24, 2.45) is 35.3 Å². The molecule has 37 nitrogen and oxygen atoms in total. The molecule has 1 saturated carbocycles. The molecule has 2 bridgehead atoms. The van der Waals surface area contributed by atoms with Gasteiger partial charge in [0.1, 0.15) is 59.6 Å². The molecule has 133 heavy (non-hydrogen) atoms. The summed E-state index contributed by atoms with van der Waals surface area (Å²) in [6, 6.07) is 9.64. The predicted octanol–water partition coefficient (Wildman–Crippen LogP) is 7.62. The third-order valence-corrected chi connectivity index (χ3v) is 27.2. The number of carbonyl (C=O) groups excluding carboxylic acids is 8. The maximum absolute atomic E-state index is 14.8. The van der Waals surface area contributed by atoms with Crippen LogP contribution in [0.5, 0.6) is 0 Å². The number of nitrogens with two attached hydrogens (primary N) is 3. The number of benzene rings is 2. The minimum Gasteiger partial charge on any atom is -0.459 e. The summed E-state index contributed by atoms with van der Waals surface area (Å²) in [4.78, 5) is 156. The van der Waals surface area contributed by atoms with Gasteiger partial charge in [-0.3, -0.25) is 33.7 Å². The number of oxazole rings is 1. The van der Waals surface area contributed by atoms with E-state index < -0.39 is 108 Å². The number of hydrogen-bond donors (Lipinski definition) is 6. The van der Waals surface area contributed by atoms with Gasteiger partial charge in [-0.2, -0.15) is 10.1 Å². The number of fused-ring (bicyclic) bond motifs is 6. The highest BCUT2D eigenvalue weighted by Crippen LogP contribution is 2.40. The number of piperidine rings is 1. The van der Waals surface area contributed by atoms with Crippen LogP contribution in [-0.4, -0.2) is 289 Å². The average molecular weight is 1840 g/mol. The second kappa shape index (κ2) is 44.6. The van der Waals surface area contributed by atoms with E-state index in [1.54, 1.807) is 71.7 Å². The number of alkyl carbamates (subject to hydrolysis) is 1. The number of carbonyl (C=O) groups is 8. The highest BCUT2D eigenvalue weighted by molar-refractivity contribution is 6.39. The molecular formula is C96H127N19O18. The molecular weight excluding hydrogens is 1710 g/mol. The number of hydrogen-bond acceptors (Lipinski definition) is 32. The van der Waals surface area contributed by atoms with E-state index in [0.717, 1.165) is 45.8 Å². The first-order valence-electron chi connectivity index (χ1n) is 46.5. The normalized spacial score (nSPS) is 27.8.